The third-order valence-corrected chi connectivity index (χ3v) is 4.88. The fraction of sp³-hybridized carbons (Fsp3) is 0.100. The SMILES string of the molecule is O=C(NCC(F)c1ccc(Cl)cc1Cl)c1cc(Cl)ncc1Oc1ccc(Cl)cc1. The summed E-state index contributed by atoms with van der Waals surface area (Å²) < 4.78 is 20.2. The van der Waals surface area contributed by atoms with Gasteiger partial charge in [-0.05, 0) is 42.5 Å². The number of aromatic nitrogens is 1. The molecule has 0 radical (unpaired) electrons. The number of nitrogens with zero attached hydrogens (tertiary/aromatic N) is 1. The molecule has 1 amide bonds. The number of rotatable bonds is 6. The van der Waals surface area contributed by atoms with Crippen LogP contribution in [0.2, 0.25) is 20.2 Å². The molecule has 150 valence electrons. The Labute approximate surface area is 186 Å². The molecule has 0 bridgehead atoms. The minimum Gasteiger partial charge on any atom is -0.455 e. The van der Waals surface area contributed by atoms with Crippen LogP contribution < -0.4 is 10.1 Å². The van der Waals surface area contributed by atoms with Crippen LogP contribution in [0.15, 0.2) is 54.7 Å². The highest BCUT2D eigenvalue weighted by molar-refractivity contribution is 6.35. The average Bonchev–Trinajstić information content (AvgIpc) is 2.69. The summed E-state index contributed by atoms with van der Waals surface area (Å²) >= 11 is 23.6. The zero-order valence-corrected chi connectivity index (χ0v) is 17.7. The van der Waals surface area contributed by atoms with Gasteiger partial charge in [0.05, 0.1) is 18.3 Å². The standard InChI is InChI=1S/C20H13Cl4FN2O2/c21-11-1-4-13(5-2-11)29-18-10-26-19(24)8-15(18)20(28)27-9-17(25)14-6-3-12(22)7-16(14)23/h1-8,10,17H,9H2,(H,27,28). The second kappa shape index (κ2) is 9.63. The van der Waals surface area contributed by atoms with Gasteiger partial charge in [-0.15, -0.1) is 0 Å². The van der Waals surface area contributed by atoms with Gasteiger partial charge in [-0.2, -0.15) is 0 Å². The Balaban J connectivity index is 1.74. The minimum atomic E-state index is -1.53. The van der Waals surface area contributed by atoms with Gasteiger partial charge in [0.1, 0.15) is 17.1 Å². The Morgan fingerprint density at radius 2 is 1.72 bits per heavy atom. The highest BCUT2D eigenvalue weighted by Gasteiger charge is 2.19. The van der Waals surface area contributed by atoms with E-state index in [9.17, 15) is 9.18 Å². The monoisotopic (exact) mass is 472 g/mol. The first kappa shape index (κ1) is 21.7. The average molecular weight is 474 g/mol. The van der Waals surface area contributed by atoms with E-state index >= 15 is 0 Å². The number of carbonyl (C=O) groups excluding carboxylic acids is 1. The zero-order valence-electron chi connectivity index (χ0n) is 14.6. The lowest BCUT2D eigenvalue weighted by Gasteiger charge is -2.14. The first-order valence-corrected chi connectivity index (χ1v) is 9.81. The third kappa shape index (κ3) is 5.73. The molecule has 0 aliphatic heterocycles. The van der Waals surface area contributed by atoms with E-state index in [4.69, 9.17) is 51.1 Å². The van der Waals surface area contributed by atoms with Gasteiger partial charge in [-0.25, -0.2) is 9.37 Å². The molecule has 2 aromatic carbocycles. The van der Waals surface area contributed by atoms with E-state index < -0.39 is 12.1 Å². The highest BCUT2D eigenvalue weighted by Crippen LogP contribution is 2.29. The molecule has 1 heterocycles. The van der Waals surface area contributed by atoms with E-state index in [0.29, 0.717) is 15.8 Å². The Bertz CT molecular complexity index is 1030. The number of carbonyl (C=O) groups is 1. The van der Waals surface area contributed by atoms with Crippen LogP contribution in [0.3, 0.4) is 0 Å². The lowest BCUT2D eigenvalue weighted by Crippen LogP contribution is -2.27. The first-order valence-electron chi connectivity index (χ1n) is 8.29. The van der Waals surface area contributed by atoms with Crippen molar-refractivity contribution in [3.63, 3.8) is 0 Å². The number of benzene rings is 2. The van der Waals surface area contributed by atoms with E-state index in [1.165, 1.54) is 30.5 Å². The maximum absolute atomic E-state index is 14.5. The molecular formula is C20H13Cl4FN2O2. The summed E-state index contributed by atoms with van der Waals surface area (Å²) in [4.78, 5) is 16.5. The molecule has 1 atom stereocenters. The molecule has 3 aromatic rings. The number of hydrogen-bond acceptors (Lipinski definition) is 3. The molecule has 0 saturated carbocycles. The van der Waals surface area contributed by atoms with Crippen LogP contribution in [0.4, 0.5) is 4.39 Å². The molecule has 0 fully saturated rings. The van der Waals surface area contributed by atoms with Gasteiger partial charge in [0.25, 0.3) is 5.91 Å². The van der Waals surface area contributed by atoms with Crippen molar-refractivity contribution in [3.05, 3.63) is 86.1 Å². The molecule has 0 aliphatic carbocycles. The topological polar surface area (TPSA) is 51.2 Å². The van der Waals surface area contributed by atoms with Crippen molar-refractivity contribution in [2.24, 2.45) is 0 Å². The lowest BCUT2D eigenvalue weighted by molar-refractivity contribution is 0.0939. The highest BCUT2D eigenvalue weighted by atomic mass is 35.5. The molecule has 0 aliphatic rings. The van der Waals surface area contributed by atoms with Crippen LogP contribution in [-0.2, 0) is 0 Å². The third-order valence-electron chi connectivity index (χ3n) is 3.86. The summed E-state index contributed by atoms with van der Waals surface area (Å²) in [5, 5.41) is 3.72. The number of hydrogen-bond donors (Lipinski definition) is 1. The number of alkyl halides is 1. The van der Waals surface area contributed by atoms with Crippen LogP contribution in [0.5, 0.6) is 11.5 Å². The van der Waals surface area contributed by atoms with Crippen molar-refractivity contribution in [1.29, 1.82) is 0 Å². The number of halogens is 5. The van der Waals surface area contributed by atoms with Crippen LogP contribution in [0.25, 0.3) is 0 Å². The van der Waals surface area contributed by atoms with Crippen molar-refractivity contribution in [1.82, 2.24) is 10.3 Å². The summed E-state index contributed by atoms with van der Waals surface area (Å²) in [6.45, 7) is -0.305. The van der Waals surface area contributed by atoms with Crippen LogP contribution in [-0.4, -0.2) is 17.4 Å². The van der Waals surface area contributed by atoms with Crippen LogP contribution >= 0.6 is 46.4 Å². The van der Waals surface area contributed by atoms with E-state index in [-0.39, 0.29) is 33.6 Å². The first-order chi connectivity index (χ1) is 13.8. The predicted molar refractivity (Wildman–Crippen MR) is 113 cm³/mol. The smallest absolute Gasteiger partial charge is 0.255 e. The number of nitrogens with one attached hydrogen (secondary N) is 1. The van der Waals surface area contributed by atoms with E-state index in [1.54, 1.807) is 24.3 Å². The molecule has 1 aromatic heterocycles. The van der Waals surface area contributed by atoms with Gasteiger partial charge in [-0.3, -0.25) is 4.79 Å². The molecule has 29 heavy (non-hydrogen) atoms. The van der Waals surface area contributed by atoms with Crippen molar-refractivity contribution >= 4 is 52.3 Å². The lowest BCUT2D eigenvalue weighted by atomic mass is 10.1. The Morgan fingerprint density at radius 1 is 1.03 bits per heavy atom. The predicted octanol–water partition coefficient (Wildman–Crippen LogP) is 6.93. The largest absolute Gasteiger partial charge is 0.455 e. The van der Waals surface area contributed by atoms with E-state index in [0.717, 1.165) is 0 Å². The summed E-state index contributed by atoms with van der Waals surface area (Å²) in [6, 6.07) is 12.3. The molecule has 0 spiro atoms. The van der Waals surface area contributed by atoms with Crippen molar-refractivity contribution < 1.29 is 13.9 Å². The maximum Gasteiger partial charge on any atom is 0.255 e. The summed E-state index contributed by atoms with van der Waals surface area (Å²) in [5.74, 6) is 0.0315. The quantitative estimate of drug-likeness (QED) is 0.395. The van der Waals surface area contributed by atoms with Gasteiger partial charge < -0.3 is 10.1 Å². The fourth-order valence-corrected chi connectivity index (χ4v) is 3.26. The van der Waals surface area contributed by atoms with E-state index in [2.05, 4.69) is 10.3 Å². The van der Waals surface area contributed by atoms with Crippen LogP contribution in [0.1, 0.15) is 22.1 Å². The van der Waals surface area contributed by atoms with Crippen molar-refractivity contribution in [3.8, 4) is 11.5 Å². The summed E-state index contributed by atoms with van der Waals surface area (Å²) in [5.41, 5.74) is 0.330. The second-order valence-electron chi connectivity index (χ2n) is 5.90. The zero-order chi connectivity index (χ0) is 21.0. The van der Waals surface area contributed by atoms with Gasteiger partial charge in [0, 0.05) is 20.6 Å². The number of ether oxygens (including phenoxy) is 1. The second-order valence-corrected chi connectivity index (χ2v) is 7.57. The molecule has 0 saturated heterocycles. The molecule has 9 heteroatoms. The fourth-order valence-electron chi connectivity index (χ4n) is 2.45. The van der Waals surface area contributed by atoms with E-state index in [1.807, 2.05) is 0 Å². The van der Waals surface area contributed by atoms with Gasteiger partial charge >= 0.3 is 0 Å². The minimum absolute atomic E-state index is 0.0937. The van der Waals surface area contributed by atoms with Crippen LogP contribution in [0, 0.1) is 0 Å². The molecule has 3 rings (SSSR count). The normalized spacial score (nSPS) is 11.8. The number of pyridine rings is 1. The van der Waals surface area contributed by atoms with Gasteiger partial charge in [0.2, 0.25) is 0 Å². The summed E-state index contributed by atoms with van der Waals surface area (Å²) in [7, 11) is 0. The Hall–Kier alpha value is -2.05. The molecule has 4 nitrogen and oxygen atoms in total. The number of amides is 1. The van der Waals surface area contributed by atoms with Crippen molar-refractivity contribution in [2.45, 2.75) is 6.17 Å². The Kier molecular flexibility index (Phi) is 7.19. The molecular weight excluding hydrogens is 461 g/mol. The van der Waals surface area contributed by atoms with Crippen molar-refractivity contribution in [2.75, 3.05) is 6.54 Å². The maximum atomic E-state index is 14.5. The van der Waals surface area contributed by atoms with Gasteiger partial charge in [-0.1, -0.05) is 52.5 Å². The molecule has 1 unspecified atom stereocenters. The summed E-state index contributed by atoms with van der Waals surface area (Å²) in [6.07, 6.45) is -0.212. The molecule has 1 N–H and O–H groups in total. The Morgan fingerprint density at radius 3 is 2.41 bits per heavy atom. The van der Waals surface area contributed by atoms with Gasteiger partial charge in [0.15, 0.2) is 5.75 Å².